The third kappa shape index (κ3) is 2.42. The second kappa shape index (κ2) is 5.29. The molecule has 1 N–H and O–H groups in total. The number of carboxylic acid groups (broad SMARTS) is 1. The Balaban J connectivity index is 1.98. The standard InChI is InChI=1S/C15H13F2NO3/c16-12-2-1-11-10(13(12)17)3-5-18(14(11)15(19)20)7-9-4-6-21-8-9/h1-2,4,6,8,14H,3,5,7H2,(H,19,20). The third-order valence-electron chi connectivity index (χ3n) is 3.74. The minimum Gasteiger partial charge on any atom is -0.480 e. The van der Waals surface area contributed by atoms with E-state index in [4.69, 9.17) is 4.42 Å². The van der Waals surface area contributed by atoms with Crippen LogP contribution < -0.4 is 0 Å². The van der Waals surface area contributed by atoms with Gasteiger partial charge in [-0.1, -0.05) is 6.07 Å². The maximum atomic E-state index is 13.8. The monoisotopic (exact) mass is 293 g/mol. The first-order valence-electron chi connectivity index (χ1n) is 6.52. The number of carbonyl (C=O) groups is 1. The molecule has 1 unspecified atom stereocenters. The Labute approximate surface area is 119 Å². The van der Waals surface area contributed by atoms with Gasteiger partial charge in [-0.05, 0) is 29.7 Å². The predicted molar refractivity (Wildman–Crippen MR) is 69.6 cm³/mol. The summed E-state index contributed by atoms with van der Waals surface area (Å²) in [5.41, 5.74) is 1.31. The largest absolute Gasteiger partial charge is 0.480 e. The van der Waals surface area contributed by atoms with Crippen molar-refractivity contribution in [3.63, 3.8) is 0 Å². The molecule has 0 spiro atoms. The number of carboxylic acids is 1. The molecule has 0 fully saturated rings. The van der Waals surface area contributed by atoms with E-state index >= 15 is 0 Å². The first-order valence-corrected chi connectivity index (χ1v) is 6.52. The summed E-state index contributed by atoms with van der Waals surface area (Å²) >= 11 is 0. The molecule has 4 nitrogen and oxygen atoms in total. The van der Waals surface area contributed by atoms with Crippen LogP contribution >= 0.6 is 0 Å². The lowest BCUT2D eigenvalue weighted by Crippen LogP contribution is -2.39. The van der Waals surface area contributed by atoms with Crippen molar-refractivity contribution >= 4 is 5.97 Å². The summed E-state index contributed by atoms with van der Waals surface area (Å²) in [6.45, 7) is 0.724. The molecular formula is C15H13F2NO3. The number of furan rings is 1. The molecular weight excluding hydrogens is 280 g/mol. The van der Waals surface area contributed by atoms with Crippen molar-refractivity contribution in [2.24, 2.45) is 0 Å². The molecule has 0 saturated heterocycles. The van der Waals surface area contributed by atoms with E-state index < -0.39 is 23.6 Å². The number of fused-ring (bicyclic) bond motifs is 1. The minimum absolute atomic E-state index is 0.158. The summed E-state index contributed by atoms with van der Waals surface area (Å²) in [6.07, 6.45) is 3.33. The second-order valence-electron chi connectivity index (χ2n) is 5.02. The molecule has 0 aliphatic carbocycles. The van der Waals surface area contributed by atoms with Gasteiger partial charge in [-0.25, -0.2) is 8.78 Å². The van der Waals surface area contributed by atoms with E-state index in [0.29, 0.717) is 18.7 Å². The van der Waals surface area contributed by atoms with Crippen molar-refractivity contribution in [2.45, 2.75) is 19.0 Å². The van der Waals surface area contributed by atoms with Crippen molar-refractivity contribution in [1.82, 2.24) is 4.90 Å². The molecule has 1 aliphatic heterocycles. The van der Waals surface area contributed by atoms with Crippen LogP contribution in [0.1, 0.15) is 22.7 Å². The highest BCUT2D eigenvalue weighted by Crippen LogP contribution is 2.33. The van der Waals surface area contributed by atoms with Crippen LogP contribution in [0.2, 0.25) is 0 Å². The number of aliphatic carboxylic acids is 1. The first kappa shape index (κ1) is 13.8. The zero-order chi connectivity index (χ0) is 15.0. The van der Waals surface area contributed by atoms with Gasteiger partial charge in [0.25, 0.3) is 0 Å². The van der Waals surface area contributed by atoms with E-state index in [-0.39, 0.29) is 12.0 Å². The number of hydrogen-bond acceptors (Lipinski definition) is 3. The molecule has 2 aromatic rings. The van der Waals surface area contributed by atoms with E-state index in [9.17, 15) is 18.7 Å². The summed E-state index contributed by atoms with van der Waals surface area (Å²) in [4.78, 5) is 13.3. The van der Waals surface area contributed by atoms with Gasteiger partial charge in [0.15, 0.2) is 11.6 Å². The van der Waals surface area contributed by atoms with E-state index in [1.165, 1.54) is 12.3 Å². The van der Waals surface area contributed by atoms with Crippen LogP contribution in [0.15, 0.2) is 35.1 Å². The number of halogens is 2. The Morgan fingerprint density at radius 2 is 2.19 bits per heavy atom. The lowest BCUT2D eigenvalue weighted by Gasteiger charge is -2.34. The fourth-order valence-corrected chi connectivity index (χ4v) is 2.78. The summed E-state index contributed by atoms with van der Waals surface area (Å²) < 4.78 is 32.1. The van der Waals surface area contributed by atoms with E-state index in [0.717, 1.165) is 11.6 Å². The third-order valence-corrected chi connectivity index (χ3v) is 3.74. The highest BCUT2D eigenvalue weighted by molar-refractivity contribution is 5.76. The Morgan fingerprint density at radius 3 is 2.86 bits per heavy atom. The summed E-state index contributed by atoms with van der Waals surface area (Å²) in [5.74, 6) is -2.96. The summed E-state index contributed by atoms with van der Waals surface area (Å²) in [6, 6.07) is 3.10. The van der Waals surface area contributed by atoms with Crippen molar-refractivity contribution in [3.8, 4) is 0 Å². The molecule has 110 valence electrons. The second-order valence-corrected chi connectivity index (χ2v) is 5.02. The van der Waals surface area contributed by atoms with Crippen LogP contribution in [0.3, 0.4) is 0 Å². The minimum atomic E-state index is -1.08. The number of hydrogen-bond donors (Lipinski definition) is 1. The average molecular weight is 293 g/mol. The fraction of sp³-hybridized carbons (Fsp3) is 0.267. The smallest absolute Gasteiger partial charge is 0.325 e. The van der Waals surface area contributed by atoms with Crippen molar-refractivity contribution in [2.75, 3.05) is 6.54 Å². The number of benzene rings is 1. The highest BCUT2D eigenvalue weighted by Gasteiger charge is 2.35. The quantitative estimate of drug-likeness (QED) is 0.945. The molecule has 0 amide bonds. The topological polar surface area (TPSA) is 53.7 Å². The van der Waals surface area contributed by atoms with Crippen LogP contribution in [0.5, 0.6) is 0 Å². The van der Waals surface area contributed by atoms with E-state index in [1.54, 1.807) is 17.2 Å². The molecule has 2 heterocycles. The number of rotatable bonds is 3. The lowest BCUT2D eigenvalue weighted by atomic mass is 9.91. The van der Waals surface area contributed by atoms with Gasteiger partial charge in [0.05, 0.1) is 12.5 Å². The van der Waals surface area contributed by atoms with E-state index in [1.807, 2.05) is 0 Å². The van der Waals surface area contributed by atoms with Gasteiger partial charge in [0, 0.05) is 18.7 Å². The maximum absolute atomic E-state index is 13.8. The van der Waals surface area contributed by atoms with Crippen LogP contribution in [-0.2, 0) is 17.8 Å². The van der Waals surface area contributed by atoms with Crippen molar-refractivity contribution in [1.29, 1.82) is 0 Å². The Bertz CT molecular complexity index is 670. The molecule has 1 aliphatic rings. The molecule has 1 atom stereocenters. The van der Waals surface area contributed by atoms with Gasteiger partial charge in [0.1, 0.15) is 6.04 Å². The Kier molecular flexibility index (Phi) is 3.47. The maximum Gasteiger partial charge on any atom is 0.325 e. The van der Waals surface area contributed by atoms with Crippen molar-refractivity contribution in [3.05, 3.63) is 59.1 Å². The summed E-state index contributed by atoms with van der Waals surface area (Å²) in [5, 5.41) is 9.46. The van der Waals surface area contributed by atoms with Gasteiger partial charge in [0.2, 0.25) is 0 Å². The molecule has 0 saturated carbocycles. The van der Waals surface area contributed by atoms with Gasteiger partial charge < -0.3 is 9.52 Å². The molecule has 0 bridgehead atoms. The molecule has 1 aromatic carbocycles. The van der Waals surface area contributed by atoms with Gasteiger partial charge >= 0.3 is 5.97 Å². The molecule has 1 aromatic heterocycles. The van der Waals surface area contributed by atoms with Crippen LogP contribution in [0.4, 0.5) is 8.78 Å². The van der Waals surface area contributed by atoms with Crippen LogP contribution in [-0.4, -0.2) is 22.5 Å². The Morgan fingerprint density at radius 1 is 1.38 bits per heavy atom. The van der Waals surface area contributed by atoms with Crippen LogP contribution in [0, 0.1) is 11.6 Å². The zero-order valence-corrected chi connectivity index (χ0v) is 11.1. The predicted octanol–water partition coefficient (Wildman–Crippen LogP) is 2.74. The van der Waals surface area contributed by atoms with Gasteiger partial charge in [-0.3, -0.25) is 9.69 Å². The SMILES string of the molecule is O=C(O)C1c2ccc(F)c(F)c2CCN1Cc1ccoc1. The highest BCUT2D eigenvalue weighted by atomic mass is 19.2. The average Bonchev–Trinajstić information content (AvgIpc) is 2.95. The summed E-state index contributed by atoms with van der Waals surface area (Å²) in [7, 11) is 0. The first-order chi connectivity index (χ1) is 10.1. The zero-order valence-electron chi connectivity index (χ0n) is 11.1. The van der Waals surface area contributed by atoms with Crippen LogP contribution in [0.25, 0.3) is 0 Å². The normalized spacial score (nSPS) is 18.5. The van der Waals surface area contributed by atoms with Gasteiger partial charge in [-0.2, -0.15) is 0 Å². The molecule has 0 radical (unpaired) electrons. The Hall–Kier alpha value is -2.21. The molecule has 6 heteroatoms. The van der Waals surface area contributed by atoms with Gasteiger partial charge in [-0.15, -0.1) is 0 Å². The lowest BCUT2D eigenvalue weighted by molar-refractivity contribution is -0.144. The van der Waals surface area contributed by atoms with E-state index in [2.05, 4.69) is 0 Å². The molecule has 3 rings (SSSR count). The number of nitrogens with zero attached hydrogens (tertiary/aromatic N) is 1. The fourth-order valence-electron chi connectivity index (χ4n) is 2.78. The van der Waals surface area contributed by atoms with Crippen molar-refractivity contribution < 1.29 is 23.1 Å². The molecule has 21 heavy (non-hydrogen) atoms.